The second-order valence-electron chi connectivity index (χ2n) is 9.81. The van der Waals surface area contributed by atoms with Gasteiger partial charge in [-0.2, -0.15) is 0 Å². The van der Waals surface area contributed by atoms with Crippen molar-refractivity contribution in [2.75, 3.05) is 30.0 Å². The van der Waals surface area contributed by atoms with Gasteiger partial charge in [0.1, 0.15) is 18.2 Å². The van der Waals surface area contributed by atoms with Crippen molar-refractivity contribution in [3.05, 3.63) is 70.1 Å². The summed E-state index contributed by atoms with van der Waals surface area (Å²) in [4.78, 5) is 42.4. The smallest absolute Gasteiger partial charge is 0.254 e. The van der Waals surface area contributed by atoms with Crippen LogP contribution in [0.15, 0.2) is 48.5 Å². The lowest BCUT2D eigenvalue weighted by molar-refractivity contribution is -0.122. The molecule has 0 radical (unpaired) electrons. The number of anilines is 2. The zero-order chi connectivity index (χ0) is 26.1. The minimum atomic E-state index is -0.518. The fourth-order valence-electron chi connectivity index (χ4n) is 5.31. The number of nitrogens with zero attached hydrogens (tertiary/aromatic N) is 1. The van der Waals surface area contributed by atoms with Crippen LogP contribution in [-0.4, -0.2) is 37.5 Å². The number of ether oxygens (including phenoxy) is 2. The molecule has 3 amide bonds. The number of nitrogens with one attached hydrogen (secondary N) is 2. The molecule has 1 atom stereocenters. The van der Waals surface area contributed by atoms with Crippen molar-refractivity contribution < 1.29 is 23.9 Å². The molecular formula is C29H29N3O5S. The fourth-order valence-corrected chi connectivity index (χ4v) is 6.60. The van der Waals surface area contributed by atoms with Crippen LogP contribution in [0.2, 0.25) is 0 Å². The van der Waals surface area contributed by atoms with Gasteiger partial charge in [-0.05, 0) is 48.9 Å². The predicted molar refractivity (Wildman–Crippen MR) is 145 cm³/mol. The lowest BCUT2D eigenvalue weighted by atomic mass is 9.95. The van der Waals surface area contributed by atoms with Gasteiger partial charge < -0.3 is 25.0 Å². The summed E-state index contributed by atoms with van der Waals surface area (Å²) in [6.45, 7) is 1.64. The van der Waals surface area contributed by atoms with E-state index in [1.807, 2.05) is 36.4 Å². The van der Waals surface area contributed by atoms with Crippen LogP contribution in [0, 0.1) is 5.92 Å². The average molecular weight is 532 g/mol. The van der Waals surface area contributed by atoms with Crippen LogP contribution in [0.1, 0.15) is 45.6 Å². The first-order valence-corrected chi connectivity index (χ1v) is 13.9. The third-order valence-corrected chi connectivity index (χ3v) is 8.47. The first-order chi connectivity index (χ1) is 18.6. The molecule has 9 heteroatoms. The molecule has 196 valence electrons. The van der Waals surface area contributed by atoms with Crippen molar-refractivity contribution in [3.63, 3.8) is 0 Å². The Balaban J connectivity index is 1.18. The number of hydrogen-bond donors (Lipinski definition) is 2. The van der Waals surface area contributed by atoms with E-state index in [4.69, 9.17) is 9.47 Å². The van der Waals surface area contributed by atoms with Crippen molar-refractivity contribution in [3.8, 4) is 11.5 Å². The maximum atomic E-state index is 13.4. The van der Waals surface area contributed by atoms with Crippen molar-refractivity contribution in [2.24, 2.45) is 5.92 Å². The molecule has 2 N–H and O–H groups in total. The number of rotatable bonds is 6. The summed E-state index contributed by atoms with van der Waals surface area (Å²) in [6, 6.07) is 15.2. The first-order valence-electron chi connectivity index (χ1n) is 13.0. The molecule has 2 aromatic carbocycles. The Kier molecular flexibility index (Phi) is 6.76. The van der Waals surface area contributed by atoms with E-state index < -0.39 is 5.92 Å². The van der Waals surface area contributed by atoms with Crippen molar-refractivity contribution in [1.29, 1.82) is 0 Å². The highest BCUT2D eigenvalue weighted by atomic mass is 32.1. The number of hydrogen-bond acceptors (Lipinski definition) is 6. The van der Waals surface area contributed by atoms with Gasteiger partial charge in [0.15, 0.2) is 11.5 Å². The third-order valence-electron chi connectivity index (χ3n) is 7.26. The van der Waals surface area contributed by atoms with Crippen LogP contribution in [0.25, 0.3) is 0 Å². The second-order valence-corrected chi connectivity index (χ2v) is 10.9. The number of carbonyl (C=O) groups excluding carboxylic acids is 3. The molecule has 1 aliphatic carbocycles. The molecule has 0 saturated carbocycles. The molecule has 8 nitrogen and oxygen atoms in total. The third kappa shape index (κ3) is 4.86. The van der Waals surface area contributed by atoms with E-state index in [1.165, 1.54) is 11.3 Å². The van der Waals surface area contributed by atoms with Gasteiger partial charge in [0.25, 0.3) is 5.91 Å². The zero-order valence-electron chi connectivity index (χ0n) is 21.0. The van der Waals surface area contributed by atoms with Crippen LogP contribution in [0.3, 0.4) is 0 Å². The second kappa shape index (κ2) is 10.5. The van der Waals surface area contributed by atoms with Gasteiger partial charge in [0.2, 0.25) is 11.8 Å². The van der Waals surface area contributed by atoms with Gasteiger partial charge >= 0.3 is 0 Å². The van der Waals surface area contributed by atoms with Gasteiger partial charge in [-0.3, -0.25) is 14.4 Å². The Labute approximate surface area is 224 Å². The van der Waals surface area contributed by atoms with Crippen molar-refractivity contribution in [1.82, 2.24) is 5.32 Å². The highest BCUT2D eigenvalue weighted by molar-refractivity contribution is 7.17. The molecule has 1 unspecified atom stereocenters. The summed E-state index contributed by atoms with van der Waals surface area (Å²) in [6.07, 6.45) is 3.95. The summed E-state index contributed by atoms with van der Waals surface area (Å²) in [5, 5.41) is 6.63. The minimum Gasteiger partial charge on any atom is -0.486 e. The quantitative estimate of drug-likeness (QED) is 0.494. The molecule has 3 heterocycles. The topological polar surface area (TPSA) is 97.0 Å². The minimum absolute atomic E-state index is 0.112. The molecule has 0 bridgehead atoms. The molecule has 3 aliphatic rings. The molecule has 1 aromatic heterocycles. The number of carbonyl (C=O) groups is 3. The Morgan fingerprint density at radius 3 is 2.63 bits per heavy atom. The fraction of sp³-hybridized carbons (Fsp3) is 0.345. The largest absolute Gasteiger partial charge is 0.486 e. The van der Waals surface area contributed by atoms with Gasteiger partial charge in [0, 0.05) is 36.1 Å². The van der Waals surface area contributed by atoms with E-state index in [2.05, 4.69) is 10.6 Å². The summed E-state index contributed by atoms with van der Waals surface area (Å²) >= 11 is 1.49. The monoisotopic (exact) mass is 531 g/mol. The number of fused-ring (bicyclic) bond motifs is 2. The number of amides is 3. The van der Waals surface area contributed by atoms with Crippen LogP contribution in [0.4, 0.5) is 10.7 Å². The number of thiophene rings is 1. The Morgan fingerprint density at radius 1 is 1.00 bits per heavy atom. The lowest BCUT2D eigenvalue weighted by Crippen LogP contribution is -2.29. The number of benzene rings is 2. The zero-order valence-corrected chi connectivity index (χ0v) is 21.8. The SMILES string of the molecule is O=C(NCc1ccccc1)c1c(NC(=O)C2CC(=O)N(c3ccc4c(c3)OCCO4)C2)sc2c1CCCC2. The maximum absolute atomic E-state index is 13.4. The number of aryl methyl sites for hydroxylation is 1. The highest BCUT2D eigenvalue weighted by Crippen LogP contribution is 2.39. The van der Waals surface area contributed by atoms with E-state index in [9.17, 15) is 14.4 Å². The molecule has 0 spiro atoms. The van der Waals surface area contributed by atoms with E-state index in [-0.39, 0.29) is 30.7 Å². The lowest BCUT2D eigenvalue weighted by Gasteiger charge is -2.22. The van der Waals surface area contributed by atoms with Crippen molar-refractivity contribution >= 4 is 39.7 Å². The van der Waals surface area contributed by atoms with E-state index in [0.717, 1.165) is 41.7 Å². The Hall–Kier alpha value is -3.85. The van der Waals surface area contributed by atoms with Gasteiger partial charge in [-0.25, -0.2) is 0 Å². The van der Waals surface area contributed by atoms with Gasteiger partial charge in [-0.1, -0.05) is 30.3 Å². The van der Waals surface area contributed by atoms with E-state index in [1.54, 1.807) is 17.0 Å². The molecule has 38 heavy (non-hydrogen) atoms. The van der Waals surface area contributed by atoms with Crippen LogP contribution >= 0.6 is 11.3 Å². The molecular weight excluding hydrogens is 502 g/mol. The molecule has 1 fully saturated rings. The van der Waals surface area contributed by atoms with Gasteiger partial charge in [-0.15, -0.1) is 11.3 Å². The summed E-state index contributed by atoms with van der Waals surface area (Å²) in [7, 11) is 0. The molecule has 2 aliphatic heterocycles. The Bertz CT molecular complexity index is 1390. The van der Waals surface area contributed by atoms with Crippen LogP contribution in [0.5, 0.6) is 11.5 Å². The van der Waals surface area contributed by atoms with Crippen molar-refractivity contribution in [2.45, 2.75) is 38.6 Å². The standard InChI is InChI=1S/C29H29N3O5S/c33-25-14-19(17-32(25)20-10-11-22-23(15-20)37-13-12-36-22)27(34)31-29-26(21-8-4-5-9-24(21)38-29)28(35)30-16-18-6-2-1-3-7-18/h1-3,6-7,10-11,15,19H,4-5,8-9,12-14,16-17H2,(H,30,35)(H,31,34). The maximum Gasteiger partial charge on any atom is 0.254 e. The predicted octanol–water partition coefficient (Wildman–Crippen LogP) is 4.32. The summed E-state index contributed by atoms with van der Waals surface area (Å²) < 4.78 is 11.2. The van der Waals surface area contributed by atoms with E-state index >= 15 is 0 Å². The van der Waals surface area contributed by atoms with Crippen LogP contribution < -0.4 is 25.0 Å². The first kappa shape index (κ1) is 24.5. The molecule has 3 aromatic rings. The Morgan fingerprint density at radius 2 is 1.79 bits per heavy atom. The molecule has 6 rings (SSSR count). The summed E-state index contributed by atoms with van der Waals surface area (Å²) in [5.41, 5.74) is 3.31. The van der Waals surface area contributed by atoms with Gasteiger partial charge in [0.05, 0.1) is 11.5 Å². The summed E-state index contributed by atoms with van der Waals surface area (Å²) in [5.74, 6) is 0.201. The normalized spacial score (nSPS) is 18.2. The van der Waals surface area contributed by atoms with Crippen LogP contribution in [-0.2, 0) is 29.0 Å². The highest BCUT2D eigenvalue weighted by Gasteiger charge is 2.37. The average Bonchev–Trinajstić information content (AvgIpc) is 3.52. The van der Waals surface area contributed by atoms with E-state index in [0.29, 0.717) is 47.5 Å². The molecule has 1 saturated heterocycles.